The second kappa shape index (κ2) is 22.0. The highest BCUT2D eigenvalue weighted by Gasteiger charge is 2.35. The molecular formula is C52H60F3N11O5. The van der Waals surface area contributed by atoms with Crippen LogP contribution in [-0.4, -0.2) is 140 Å². The smallest absolute Gasteiger partial charge is 0.369 e. The van der Waals surface area contributed by atoms with E-state index in [0.29, 0.717) is 73.5 Å². The maximum atomic E-state index is 14.6. The third kappa shape index (κ3) is 11.8. The molecule has 1 N–H and O–H groups in total. The molecule has 0 saturated carbocycles. The summed E-state index contributed by atoms with van der Waals surface area (Å²) in [5.74, 6) is 0.482. The number of hydrogen-bond acceptors (Lipinski definition) is 11. The van der Waals surface area contributed by atoms with Crippen LogP contribution < -0.4 is 15.9 Å². The largest absolute Gasteiger partial charge is 0.418 e. The maximum Gasteiger partial charge on any atom is 0.418 e. The fraction of sp³-hybridized carbons (Fsp3) is 0.404. The lowest BCUT2D eigenvalue weighted by atomic mass is 10.0. The second-order valence-corrected chi connectivity index (χ2v) is 18.7. The number of likely N-dealkylation sites (tertiary alicyclic amines) is 1. The predicted molar refractivity (Wildman–Crippen MR) is 263 cm³/mol. The molecule has 3 aromatic heterocycles. The van der Waals surface area contributed by atoms with Gasteiger partial charge in [0, 0.05) is 128 Å². The van der Waals surface area contributed by atoms with Gasteiger partial charge in [0.1, 0.15) is 24.7 Å². The number of piperazine rings is 1. The first kappa shape index (κ1) is 50.4. The van der Waals surface area contributed by atoms with Crippen molar-refractivity contribution in [2.75, 3.05) is 65.3 Å². The summed E-state index contributed by atoms with van der Waals surface area (Å²) < 4.78 is 47.9. The first-order valence-electron chi connectivity index (χ1n) is 23.9. The van der Waals surface area contributed by atoms with Gasteiger partial charge in [0.25, 0.3) is 5.91 Å². The molecule has 0 radical (unpaired) electrons. The molecule has 2 amide bonds. The third-order valence-electron chi connectivity index (χ3n) is 14.0. The van der Waals surface area contributed by atoms with Crippen molar-refractivity contribution in [3.63, 3.8) is 0 Å². The lowest BCUT2D eigenvalue weighted by Gasteiger charge is -2.37. The molecule has 6 aromatic rings. The zero-order valence-electron chi connectivity index (χ0n) is 40.5. The predicted octanol–water partition coefficient (Wildman–Crippen LogP) is 5.23. The van der Waals surface area contributed by atoms with E-state index in [1.807, 2.05) is 67.5 Å². The number of piperidine rings is 1. The molecule has 19 heteroatoms. The number of hydrogen-bond donors (Lipinski definition) is 1. The second-order valence-electron chi connectivity index (χ2n) is 18.7. The number of fused-ring (bicyclic) bond motifs is 1. The molecule has 374 valence electrons. The number of carbonyl (C=O) groups excluding carboxylic acids is 4. The molecule has 0 bridgehead atoms. The Balaban J connectivity index is 0.832. The number of halogens is 3. The lowest BCUT2D eigenvalue weighted by Crippen LogP contribution is -2.46. The molecular weight excluding hydrogens is 916 g/mol. The minimum absolute atomic E-state index is 0.0517. The molecule has 3 aromatic carbocycles. The molecule has 0 spiro atoms. The molecule has 1 unspecified atom stereocenters. The highest BCUT2D eigenvalue weighted by Crippen LogP contribution is 2.34. The summed E-state index contributed by atoms with van der Waals surface area (Å²) in [6.45, 7) is 5.62. The topological polar surface area (TPSA) is 154 Å². The number of anilines is 1. The number of imidazole rings is 1. The van der Waals surface area contributed by atoms with Gasteiger partial charge in [-0.1, -0.05) is 24.3 Å². The number of pyridine rings is 1. The van der Waals surface area contributed by atoms with Crippen LogP contribution in [-0.2, 0) is 48.9 Å². The van der Waals surface area contributed by atoms with Crippen molar-refractivity contribution in [1.29, 1.82) is 0 Å². The minimum Gasteiger partial charge on any atom is -0.369 e. The molecule has 8 rings (SSSR count). The van der Waals surface area contributed by atoms with E-state index in [4.69, 9.17) is 0 Å². The highest BCUT2D eigenvalue weighted by atomic mass is 19.4. The van der Waals surface area contributed by atoms with E-state index in [1.54, 1.807) is 48.1 Å². The summed E-state index contributed by atoms with van der Waals surface area (Å²) in [6, 6.07) is 21.2. The number of alkyl halides is 3. The molecule has 71 heavy (non-hydrogen) atoms. The summed E-state index contributed by atoms with van der Waals surface area (Å²) in [6.07, 6.45) is 3.64. The molecule has 16 nitrogen and oxygen atoms in total. The average molecular weight is 976 g/mol. The van der Waals surface area contributed by atoms with E-state index < -0.39 is 23.5 Å². The van der Waals surface area contributed by atoms with Crippen molar-refractivity contribution in [3.8, 4) is 5.69 Å². The van der Waals surface area contributed by atoms with Crippen LogP contribution in [0.1, 0.15) is 80.0 Å². The first-order valence-corrected chi connectivity index (χ1v) is 23.9. The van der Waals surface area contributed by atoms with Crippen LogP contribution in [0.5, 0.6) is 0 Å². The molecule has 2 fully saturated rings. The molecule has 0 aliphatic carbocycles. The fourth-order valence-electron chi connectivity index (χ4n) is 9.70. The molecule has 2 saturated heterocycles. The van der Waals surface area contributed by atoms with Crippen LogP contribution in [0.2, 0.25) is 0 Å². The van der Waals surface area contributed by atoms with Gasteiger partial charge in [-0.25, -0.2) is 4.79 Å². The number of amides is 2. The van der Waals surface area contributed by atoms with Crippen molar-refractivity contribution < 1.29 is 32.3 Å². The number of rotatable bonds is 18. The third-order valence-corrected chi connectivity index (χ3v) is 14.0. The fourth-order valence-corrected chi connectivity index (χ4v) is 9.70. The Morgan fingerprint density at radius 1 is 0.859 bits per heavy atom. The van der Waals surface area contributed by atoms with E-state index in [2.05, 4.69) is 30.2 Å². The number of carbonyl (C=O) groups is 4. The number of aromatic nitrogens is 5. The van der Waals surface area contributed by atoms with Crippen molar-refractivity contribution in [2.45, 2.75) is 70.0 Å². The SMILES string of the molecule is CNC(=O)CCC(C=O)N(C)Cc1cc(N2CCN(Cc3ccc(C(=O)N(C)C4CCN(Cc5cc(C(F)(F)F)c6cn(-c7cccc(Cc8nncn8C)c7)c(=O)n6c5)CC4)cc3)CC2)ccc1C=O. The van der Waals surface area contributed by atoms with Crippen LogP contribution in [0.25, 0.3) is 11.2 Å². The van der Waals surface area contributed by atoms with Gasteiger partial charge in [0.05, 0.1) is 22.8 Å². The minimum atomic E-state index is -4.70. The summed E-state index contributed by atoms with van der Waals surface area (Å²) in [4.78, 5) is 73.4. The Hall–Kier alpha value is -6.96. The van der Waals surface area contributed by atoms with Crippen LogP contribution in [0, 0.1) is 0 Å². The zero-order chi connectivity index (χ0) is 50.4. The lowest BCUT2D eigenvalue weighted by molar-refractivity contribution is -0.136. The number of aldehydes is 2. The van der Waals surface area contributed by atoms with Gasteiger partial charge in [-0.15, -0.1) is 10.2 Å². The Morgan fingerprint density at radius 2 is 1.58 bits per heavy atom. The van der Waals surface area contributed by atoms with Crippen LogP contribution in [0.3, 0.4) is 0 Å². The van der Waals surface area contributed by atoms with E-state index in [1.165, 1.54) is 17.0 Å². The van der Waals surface area contributed by atoms with Crippen LogP contribution >= 0.6 is 0 Å². The molecule has 1 atom stereocenters. The van der Waals surface area contributed by atoms with Crippen molar-refractivity contribution in [2.24, 2.45) is 7.05 Å². The van der Waals surface area contributed by atoms with Gasteiger partial charge >= 0.3 is 11.9 Å². The summed E-state index contributed by atoms with van der Waals surface area (Å²) in [5, 5.41) is 10.6. The van der Waals surface area contributed by atoms with Crippen molar-refractivity contribution >= 4 is 35.6 Å². The highest BCUT2D eigenvalue weighted by molar-refractivity contribution is 5.94. The van der Waals surface area contributed by atoms with Gasteiger partial charge in [-0.2, -0.15) is 13.2 Å². The number of nitrogens with one attached hydrogen (secondary N) is 1. The van der Waals surface area contributed by atoms with Crippen LogP contribution in [0.15, 0.2) is 96.3 Å². The monoisotopic (exact) mass is 975 g/mol. The summed E-state index contributed by atoms with van der Waals surface area (Å²) in [7, 11) is 7.01. The Labute approximate surface area is 410 Å². The normalized spacial score (nSPS) is 15.6. The number of aryl methyl sites for hydroxylation is 1. The van der Waals surface area contributed by atoms with E-state index in [0.717, 1.165) is 78.1 Å². The zero-order valence-corrected chi connectivity index (χ0v) is 40.5. The Bertz CT molecular complexity index is 2910. The Morgan fingerprint density at radius 3 is 2.24 bits per heavy atom. The summed E-state index contributed by atoms with van der Waals surface area (Å²) >= 11 is 0. The number of likely N-dealkylation sites (N-methyl/N-ethyl adjacent to an activating group) is 1. The van der Waals surface area contributed by atoms with Gasteiger partial charge in [-0.3, -0.25) is 38.1 Å². The quantitative estimate of drug-likeness (QED) is 0.113. The number of nitrogens with zero attached hydrogens (tertiary/aromatic N) is 10. The van der Waals surface area contributed by atoms with E-state index in [-0.39, 0.29) is 36.3 Å². The molecule has 2 aliphatic rings. The molecule has 5 heterocycles. The standard InChI is InChI=1S/C52H60F3N11O5/c1-56-49(69)15-14-45(34-68)59(2)31-41-27-43(13-12-40(41)33-67)64-22-20-63(21-23-64)28-36-8-10-39(11-9-36)50(70)61(4)42-16-18-62(19-17-42)29-38-25-46(52(53,54)55)47-32-65(51(71)66(47)30-38)44-7-5-6-37(24-44)26-48-58-57-35-60(48)3/h5-13,24-25,27,30,32-35,42,45H,14-23,26,28-29,31H2,1-4H3,(H,56,69). The van der Waals surface area contributed by atoms with E-state index in [9.17, 15) is 37.1 Å². The Kier molecular flexibility index (Phi) is 15.6. The van der Waals surface area contributed by atoms with Crippen molar-refractivity contribution in [3.05, 3.63) is 147 Å². The van der Waals surface area contributed by atoms with Crippen LogP contribution in [0.4, 0.5) is 18.9 Å². The first-order chi connectivity index (χ1) is 34.1. The summed E-state index contributed by atoms with van der Waals surface area (Å²) in [5.41, 5.74) is 3.97. The van der Waals surface area contributed by atoms with Gasteiger partial charge < -0.3 is 24.5 Å². The van der Waals surface area contributed by atoms with E-state index >= 15 is 0 Å². The van der Waals surface area contributed by atoms with Crippen molar-refractivity contribution in [1.82, 2.24) is 48.6 Å². The maximum absolute atomic E-state index is 14.6. The van der Waals surface area contributed by atoms with Gasteiger partial charge in [-0.05, 0) is 97.1 Å². The van der Waals surface area contributed by atoms with Gasteiger partial charge in [0.15, 0.2) is 0 Å². The number of benzene rings is 3. The van der Waals surface area contributed by atoms with Gasteiger partial charge in [0.2, 0.25) is 5.91 Å². The molecule has 2 aliphatic heterocycles. The average Bonchev–Trinajstić information content (AvgIpc) is 3.94.